The summed E-state index contributed by atoms with van der Waals surface area (Å²) in [6, 6.07) is 15.9. The number of nitrogens with one attached hydrogen (secondary N) is 1. The van der Waals surface area contributed by atoms with Gasteiger partial charge in [-0.25, -0.2) is 0 Å². The minimum Gasteiger partial charge on any atom is -0.508 e. The first-order chi connectivity index (χ1) is 10.6. The van der Waals surface area contributed by atoms with Crippen LogP contribution in [0.4, 0.5) is 0 Å². The lowest BCUT2D eigenvalue weighted by Crippen LogP contribution is -2.28. The summed E-state index contributed by atoms with van der Waals surface area (Å²) in [5, 5.41) is 23.3. The minimum atomic E-state index is -0.751. The monoisotopic (exact) mass is 313 g/mol. The average Bonchev–Trinajstić information content (AvgIpc) is 2.96. The van der Waals surface area contributed by atoms with Crippen molar-refractivity contribution in [2.24, 2.45) is 0 Å². The number of amides is 1. The van der Waals surface area contributed by atoms with Crippen LogP contribution in [-0.4, -0.2) is 22.7 Å². The third-order valence-corrected chi connectivity index (χ3v) is 4.55. The van der Waals surface area contributed by atoms with Crippen LogP contribution in [0.15, 0.2) is 54.6 Å². The molecule has 0 radical (unpaired) electrons. The number of fused-ring (bicyclic) bond motifs is 1. The third-order valence-electron chi connectivity index (χ3n) is 3.34. The second-order valence-corrected chi connectivity index (χ2v) is 6.08. The second-order valence-electron chi connectivity index (χ2n) is 4.96. The van der Waals surface area contributed by atoms with Crippen LogP contribution in [-0.2, 0) is 0 Å². The second kappa shape index (κ2) is 6.17. The number of phenolic OH excluding ortho intramolecular Hbond substituents is 1. The lowest BCUT2D eigenvalue weighted by Gasteiger charge is -2.10. The smallest absolute Gasteiger partial charge is 0.251 e. The van der Waals surface area contributed by atoms with E-state index in [0.717, 1.165) is 15.0 Å². The zero-order chi connectivity index (χ0) is 15.5. The van der Waals surface area contributed by atoms with Crippen molar-refractivity contribution >= 4 is 27.3 Å². The zero-order valence-corrected chi connectivity index (χ0v) is 12.5. The number of phenols is 1. The van der Waals surface area contributed by atoms with Crippen molar-refractivity contribution in [3.63, 3.8) is 0 Å². The molecule has 0 bridgehead atoms. The molecule has 1 atom stereocenters. The van der Waals surface area contributed by atoms with Gasteiger partial charge < -0.3 is 15.5 Å². The maximum absolute atomic E-state index is 12.0. The fourth-order valence-electron chi connectivity index (χ4n) is 2.21. The van der Waals surface area contributed by atoms with Crippen molar-refractivity contribution in [2.45, 2.75) is 6.10 Å². The van der Waals surface area contributed by atoms with E-state index in [9.17, 15) is 15.0 Å². The maximum atomic E-state index is 12.0. The minimum absolute atomic E-state index is 0.0395. The van der Waals surface area contributed by atoms with Crippen LogP contribution >= 0.6 is 11.3 Å². The van der Waals surface area contributed by atoms with Gasteiger partial charge in [0, 0.05) is 21.7 Å². The standard InChI is InChI=1S/C17H15NO3S/c19-13-6-3-5-12(8-13)17(21)18-10-14(20)16-9-11-4-1-2-7-15(11)22-16/h1-9,14,19-20H,10H2,(H,18,21). The van der Waals surface area contributed by atoms with E-state index in [1.54, 1.807) is 12.1 Å². The number of hydrogen-bond acceptors (Lipinski definition) is 4. The van der Waals surface area contributed by atoms with Gasteiger partial charge in [-0.05, 0) is 35.7 Å². The molecule has 3 rings (SSSR count). The number of thiophene rings is 1. The highest BCUT2D eigenvalue weighted by atomic mass is 32.1. The normalized spacial score (nSPS) is 12.2. The van der Waals surface area contributed by atoms with E-state index in [0.29, 0.717) is 5.56 Å². The molecule has 112 valence electrons. The summed E-state index contributed by atoms with van der Waals surface area (Å²) < 4.78 is 1.11. The van der Waals surface area contributed by atoms with Gasteiger partial charge >= 0.3 is 0 Å². The topological polar surface area (TPSA) is 69.6 Å². The predicted molar refractivity (Wildman–Crippen MR) is 87.2 cm³/mol. The van der Waals surface area contributed by atoms with E-state index >= 15 is 0 Å². The molecule has 0 aliphatic carbocycles. The largest absolute Gasteiger partial charge is 0.508 e. The van der Waals surface area contributed by atoms with Gasteiger partial charge in [-0.15, -0.1) is 11.3 Å². The van der Waals surface area contributed by atoms with E-state index in [-0.39, 0.29) is 18.2 Å². The van der Waals surface area contributed by atoms with E-state index < -0.39 is 6.10 Å². The molecule has 22 heavy (non-hydrogen) atoms. The Morgan fingerprint density at radius 2 is 1.95 bits per heavy atom. The van der Waals surface area contributed by atoms with Crippen LogP contribution < -0.4 is 5.32 Å². The summed E-state index contributed by atoms with van der Waals surface area (Å²) in [5.74, 6) is -0.284. The number of aliphatic hydroxyl groups excluding tert-OH is 1. The molecule has 0 aliphatic rings. The lowest BCUT2D eigenvalue weighted by atomic mass is 10.2. The van der Waals surface area contributed by atoms with Gasteiger partial charge in [0.15, 0.2) is 0 Å². The predicted octanol–water partition coefficient (Wildman–Crippen LogP) is 3.07. The lowest BCUT2D eigenvalue weighted by molar-refractivity contribution is 0.0917. The summed E-state index contributed by atoms with van der Waals surface area (Å²) in [6.07, 6.45) is -0.751. The maximum Gasteiger partial charge on any atom is 0.251 e. The van der Waals surface area contributed by atoms with Crippen LogP contribution in [0, 0.1) is 0 Å². The first-order valence-corrected chi connectivity index (χ1v) is 7.69. The molecule has 5 heteroatoms. The fraction of sp³-hybridized carbons (Fsp3) is 0.118. The molecule has 1 unspecified atom stereocenters. The molecule has 0 saturated heterocycles. The average molecular weight is 313 g/mol. The van der Waals surface area contributed by atoms with Crippen molar-refractivity contribution in [3.05, 3.63) is 65.0 Å². The molecule has 0 saturated carbocycles. The number of hydrogen-bond donors (Lipinski definition) is 3. The number of carbonyl (C=O) groups excluding carboxylic acids is 1. The fourth-order valence-corrected chi connectivity index (χ4v) is 3.26. The Morgan fingerprint density at radius 3 is 2.73 bits per heavy atom. The molecule has 3 N–H and O–H groups in total. The first-order valence-electron chi connectivity index (χ1n) is 6.87. The van der Waals surface area contributed by atoms with Crippen molar-refractivity contribution in [2.75, 3.05) is 6.54 Å². The Labute approximate surface area is 131 Å². The molecule has 1 heterocycles. The molecular formula is C17H15NO3S. The summed E-state index contributed by atoms with van der Waals surface area (Å²) in [5.41, 5.74) is 0.364. The summed E-state index contributed by atoms with van der Waals surface area (Å²) in [4.78, 5) is 12.8. The molecule has 1 amide bonds. The highest BCUT2D eigenvalue weighted by molar-refractivity contribution is 7.19. The Hall–Kier alpha value is -2.37. The molecule has 0 spiro atoms. The van der Waals surface area contributed by atoms with Crippen molar-refractivity contribution in [1.82, 2.24) is 5.32 Å². The van der Waals surface area contributed by atoms with Gasteiger partial charge in [0.2, 0.25) is 0 Å². The van der Waals surface area contributed by atoms with Gasteiger partial charge in [-0.1, -0.05) is 24.3 Å². The Kier molecular flexibility index (Phi) is 4.09. The van der Waals surface area contributed by atoms with Crippen molar-refractivity contribution in [3.8, 4) is 5.75 Å². The Bertz CT molecular complexity index is 779. The summed E-state index contributed by atoms with van der Waals surface area (Å²) >= 11 is 1.51. The van der Waals surface area contributed by atoms with Crippen molar-refractivity contribution in [1.29, 1.82) is 0 Å². The van der Waals surface area contributed by atoms with E-state index in [1.165, 1.54) is 23.5 Å². The zero-order valence-electron chi connectivity index (χ0n) is 11.7. The molecule has 3 aromatic rings. The number of aliphatic hydroxyl groups is 1. The highest BCUT2D eigenvalue weighted by Crippen LogP contribution is 2.29. The number of benzene rings is 2. The van der Waals surface area contributed by atoms with Crippen LogP contribution in [0.1, 0.15) is 21.3 Å². The molecule has 0 fully saturated rings. The molecule has 0 aliphatic heterocycles. The van der Waals surface area contributed by atoms with Crippen LogP contribution in [0.3, 0.4) is 0 Å². The van der Waals surface area contributed by atoms with E-state index in [4.69, 9.17) is 0 Å². The Morgan fingerprint density at radius 1 is 1.14 bits per heavy atom. The van der Waals surface area contributed by atoms with E-state index in [1.807, 2.05) is 30.3 Å². The first kappa shape index (κ1) is 14.6. The molecule has 2 aromatic carbocycles. The van der Waals surface area contributed by atoms with Gasteiger partial charge in [-0.3, -0.25) is 4.79 Å². The van der Waals surface area contributed by atoms with Crippen LogP contribution in [0.25, 0.3) is 10.1 Å². The van der Waals surface area contributed by atoms with Crippen LogP contribution in [0.5, 0.6) is 5.75 Å². The SMILES string of the molecule is O=C(NCC(O)c1cc2ccccc2s1)c1cccc(O)c1. The van der Waals surface area contributed by atoms with Crippen LogP contribution in [0.2, 0.25) is 0 Å². The van der Waals surface area contributed by atoms with E-state index in [2.05, 4.69) is 5.32 Å². The van der Waals surface area contributed by atoms with Gasteiger partial charge in [0.05, 0.1) is 0 Å². The number of aromatic hydroxyl groups is 1. The van der Waals surface area contributed by atoms with Gasteiger partial charge in [0.1, 0.15) is 11.9 Å². The summed E-state index contributed by atoms with van der Waals surface area (Å²) in [7, 11) is 0. The molecule has 1 aromatic heterocycles. The van der Waals surface area contributed by atoms with Crippen molar-refractivity contribution < 1.29 is 15.0 Å². The summed E-state index contributed by atoms with van der Waals surface area (Å²) in [6.45, 7) is 0.126. The molecule has 4 nitrogen and oxygen atoms in total. The Balaban J connectivity index is 1.66. The third kappa shape index (κ3) is 3.10. The highest BCUT2D eigenvalue weighted by Gasteiger charge is 2.13. The van der Waals surface area contributed by atoms with Gasteiger partial charge in [-0.2, -0.15) is 0 Å². The molecular weight excluding hydrogens is 298 g/mol. The quantitative estimate of drug-likeness (QED) is 0.693. The van der Waals surface area contributed by atoms with Gasteiger partial charge in [0.25, 0.3) is 5.91 Å². The number of carbonyl (C=O) groups is 1. The number of rotatable bonds is 4.